The maximum Gasteiger partial charge on any atom is 0.159 e. The van der Waals surface area contributed by atoms with Crippen LogP contribution >= 0.6 is 0 Å². The van der Waals surface area contributed by atoms with Crippen molar-refractivity contribution in [1.82, 2.24) is 9.97 Å². The Labute approximate surface area is 123 Å². The van der Waals surface area contributed by atoms with Crippen molar-refractivity contribution in [3.63, 3.8) is 0 Å². The zero-order valence-corrected chi connectivity index (χ0v) is 13.8. The number of aromatic nitrogens is 2. The van der Waals surface area contributed by atoms with Gasteiger partial charge in [0, 0.05) is 24.6 Å². The lowest BCUT2D eigenvalue weighted by Crippen LogP contribution is -2.19. The molecule has 1 atom stereocenters. The predicted octanol–water partition coefficient (Wildman–Crippen LogP) is 4.08. The molecule has 114 valence electrons. The highest BCUT2D eigenvalue weighted by molar-refractivity contribution is 5.38. The van der Waals surface area contributed by atoms with Crippen LogP contribution in [0.4, 0.5) is 5.82 Å². The second kappa shape index (κ2) is 7.58. The molecule has 1 heterocycles. The highest BCUT2D eigenvalue weighted by atomic mass is 16.5. The summed E-state index contributed by atoms with van der Waals surface area (Å²) in [6, 6.07) is 2.05. The van der Waals surface area contributed by atoms with Crippen LogP contribution in [-0.4, -0.2) is 23.1 Å². The summed E-state index contributed by atoms with van der Waals surface area (Å²) in [5.41, 5.74) is 1.06. The maximum atomic E-state index is 5.75. The lowest BCUT2D eigenvalue weighted by atomic mass is 9.91. The van der Waals surface area contributed by atoms with Crippen molar-refractivity contribution < 1.29 is 4.74 Å². The molecule has 0 amide bonds. The normalized spacial score (nSPS) is 13.3. The highest BCUT2D eigenvalue weighted by Gasteiger charge is 2.21. The summed E-state index contributed by atoms with van der Waals surface area (Å²) in [6.45, 7) is 14.4. The fraction of sp³-hybridized carbons (Fsp3) is 0.750. The molecule has 1 aromatic heterocycles. The molecule has 4 heteroatoms. The quantitative estimate of drug-likeness (QED) is 0.817. The largest absolute Gasteiger partial charge is 0.371 e. The molecule has 0 bridgehead atoms. The number of ether oxygens (including phenoxy) is 1. The first-order valence-electron chi connectivity index (χ1n) is 7.67. The summed E-state index contributed by atoms with van der Waals surface area (Å²) >= 11 is 0. The van der Waals surface area contributed by atoms with Crippen molar-refractivity contribution >= 4 is 5.82 Å². The van der Waals surface area contributed by atoms with Crippen LogP contribution < -0.4 is 5.32 Å². The van der Waals surface area contributed by atoms with Gasteiger partial charge in [0.05, 0.1) is 5.69 Å². The van der Waals surface area contributed by atoms with E-state index in [0.717, 1.165) is 36.7 Å². The van der Waals surface area contributed by atoms with Gasteiger partial charge in [-0.3, -0.25) is 0 Å². The van der Waals surface area contributed by atoms with Crippen molar-refractivity contribution in [1.29, 1.82) is 0 Å². The van der Waals surface area contributed by atoms with E-state index in [1.807, 2.05) is 6.92 Å². The van der Waals surface area contributed by atoms with Gasteiger partial charge >= 0.3 is 0 Å². The van der Waals surface area contributed by atoms with Crippen molar-refractivity contribution in [2.24, 2.45) is 0 Å². The third kappa shape index (κ3) is 4.75. The van der Waals surface area contributed by atoms with Crippen molar-refractivity contribution in [2.45, 2.75) is 65.9 Å². The number of nitrogens with zero attached hydrogens (tertiary/aromatic N) is 2. The zero-order valence-electron chi connectivity index (χ0n) is 13.8. The average Bonchev–Trinajstić information content (AvgIpc) is 2.41. The molecule has 4 nitrogen and oxygen atoms in total. The molecule has 0 fully saturated rings. The van der Waals surface area contributed by atoms with Gasteiger partial charge in [0.1, 0.15) is 11.9 Å². The summed E-state index contributed by atoms with van der Waals surface area (Å²) in [7, 11) is 0. The number of hydrogen-bond donors (Lipinski definition) is 1. The lowest BCUT2D eigenvalue weighted by molar-refractivity contribution is 0.0533. The molecule has 20 heavy (non-hydrogen) atoms. The highest BCUT2D eigenvalue weighted by Crippen LogP contribution is 2.26. The fourth-order valence-electron chi connectivity index (χ4n) is 1.91. The molecule has 0 saturated heterocycles. The van der Waals surface area contributed by atoms with Crippen LogP contribution in [0.1, 0.15) is 72.0 Å². The Balaban J connectivity index is 3.14. The summed E-state index contributed by atoms with van der Waals surface area (Å²) in [5, 5.41) is 3.36. The number of hydrogen-bond acceptors (Lipinski definition) is 4. The van der Waals surface area contributed by atoms with Crippen LogP contribution in [-0.2, 0) is 10.2 Å². The number of nitrogens with one attached hydrogen (secondary N) is 1. The van der Waals surface area contributed by atoms with Gasteiger partial charge in [-0.05, 0) is 19.8 Å². The third-order valence-corrected chi connectivity index (χ3v) is 3.09. The molecule has 0 saturated carbocycles. The Hall–Kier alpha value is -1.16. The first-order valence-corrected chi connectivity index (χ1v) is 7.67. The van der Waals surface area contributed by atoms with Crippen LogP contribution in [0.15, 0.2) is 6.07 Å². The van der Waals surface area contributed by atoms with Crippen molar-refractivity contribution in [3.05, 3.63) is 17.6 Å². The molecule has 0 aliphatic rings. The first kappa shape index (κ1) is 16.9. The van der Waals surface area contributed by atoms with Crippen LogP contribution in [0, 0.1) is 0 Å². The predicted molar refractivity (Wildman–Crippen MR) is 84.2 cm³/mol. The summed E-state index contributed by atoms with van der Waals surface area (Å²) in [4.78, 5) is 9.35. The summed E-state index contributed by atoms with van der Waals surface area (Å²) in [5.74, 6) is 1.69. The Morgan fingerprint density at radius 1 is 1.20 bits per heavy atom. The SMILES string of the molecule is CCCNc1cc(C(C)(C)C)nc(C(CC)OCC)n1. The van der Waals surface area contributed by atoms with E-state index in [1.54, 1.807) is 0 Å². The van der Waals surface area contributed by atoms with E-state index in [9.17, 15) is 0 Å². The van der Waals surface area contributed by atoms with Gasteiger partial charge in [-0.2, -0.15) is 0 Å². The van der Waals surface area contributed by atoms with Crippen LogP contribution in [0.25, 0.3) is 0 Å². The van der Waals surface area contributed by atoms with Crippen molar-refractivity contribution in [2.75, 3.05) is 18.5 Å². The second-order valence-corrected chi connectivity index (χ2v) is 6.03. The molecule has 1 N–H and O–H groups in total. The van der Waals surface area contributed by atoms with E-state index in [-0.39, 0.29) is 11.5 Å². The number of anilines is 1. The first-order chi connectivity index (χ1) is 9.42. The van der Waals surface area contributed by atoms with E-state index < -0.39 is 0 Å². The Morgan fingerprint density at radius 3 is 2.40 bits per heavy atom. The molecule has 0 spiro atoms. The molecule has 0 aromatic carbocycles. The summed E-state index contributed by atoms with van der Waals surface area (Å²) < 4.78 is 5.75. The monoisotopic (exact) mass is 279 g/mol. The van der Waals surface area contributed by atoms with Crippen LogP contribution in [0.5, 0.6) is 0 Å². The molecule has 1 rings (SSSR count). The summed E-state index contributed by atoms with van der Waals surface area (Å²) in [6.07, 6.45) is 1.94. The Bertz CT molecular complexity index is 413. The second-order valence-electron chi connectivity index (χ2n) is 6.03. The van der Waals surface area contributed by atoms with Gasteiger partial charge in [0.15, 0.2) is 5.82 Å². The van der Waals surface area contributed by atoms with Gasteiger partial charge < -0.3 is 10.1 Å². The fourth-order valence-corrected chi connectivity index (χ4v) is 1.91. The minimum absolute atomic E-state index is 0.00480. The van der Waals surface area contributed by atoms with Gasteiger partial charge in [-0.25, -0.2) is 9.97 Å². The standard InChI is InChI=1S/C16H29N3O/c1-7-10-17-14-11-13(16(4,5)6)18-15(19-14)12(8-2)20-9-3/h11-12H,7-10H2,1-6H3,(H,17,18,19). The van der Waals surface area contributed by atoms with Crippen LogP contribution in [0.2, 0.25) is 0 Å². The molecule has 0 aliphatic heterocycles. The van der Waals surface area contributed by atoms with E-state index >= 15 is 0 Å². The molecule has 1 unspecified atom stereocenters. The average molecular weight is 279 g/mol. The molecule has 0 radical (unpaired) electrons. The van der Waals surface area contributed by atoms with Gasteiger partial charge in [-0.15, -0.1) is 0 Å². The molecule has 0 aliphatic carbocycles. The van der Waals surface area contributed by atoms with Gasteiger partial charge in [0.2, 0.25) is 0 Å². The van der Waals surface area contributed by atoms with Gasteiger partial charge in [-0.1, -0.05) is 34.6 Å². The molecular formula is C16H29N3O. The maximum absolute atomic E-state index is 5.75. The lowest BCUT2D eigenvalue weighted by Gasteiger charge is -2.22. The Kier molecular flexibility index (Phi) is 6.40. The van der Waals surface area contributed by atoms with E-state index in [4.69, 9.17) is 9.72 Å². The van der Waals surface area contributed by atoms with Gasteiger partial charge in [0.25, 0.3) is 0 Å². The zero-order chi connectivity index (χ0) is 15.2. The van der Waals surface area contributed by atoms with E-state index in [0.29, 0.717) is 6.61 Å². The van der Waals surface area contributed by atoms with Crippen molar-refractivity contribution in [3.8, 4) is 0 Å². The minimum Gasteiger partial charge on any atom is -0.371 e. The topological polar surface area (TPSA) is 47.0 Å². The third-order valence-electron chi connectivity index (χ3n) is 3.09. The molecular weight excluding hydrogens is 250 g/mol. The van der Waals surface area contributed by atoms with E-state index in [1.165, 1.54) is 0 Å². The van der Waals surface area contributed by atoms with E-state index in [2.05, 4.69) is 51.0 Å². The smallest absolute Gasteiger partial charge is 0.159 e. The minimum atomic E-state index is -0.0236. The molecule has 1 aromatic rings. The Morgan fingerprint density at radius 2 is 1.90 bits per heavy atom. The number of rotatable bonds is 7. The van der Waals surface area contributed by atoms with Crippen LogP contribution in [0.3, 0.4) is 0 Å².